The van der Waals surface area contributed by atoms with Gasteiger partial charge in [-0.05, 0) is 146 Å². The number of para-hydroxylation sites is 2. The molecule has 0 saturated carbocycles. The van der Waals surface area contributed by atoms with Crippen LogP contribution in [0.5, 0.6) is 0 Å². The van der Waals surface area contributed by atoms with Crippen LogP contribution in [0.4, 0.5) is 0 Å². The number of hydrogen-bond acceptors (Lipinski definition) is 3. The second-order valence-electron chi connectivity index (χ2n) is 18.4. The van der Waals surface area contributed by atoms with Gasteiger partial charge < -0.3 is 4.74 Å². The van der Waals surface area contributed by atoms with Gasteiger partial charge in [-0.2, -0.15) is 4.99 Å². The third-order valence-electron chi connectivity index (χ3n) is 13.6. The molecule has 0 atom stereocenters. The van der Waals surface area contributed by atoms with Crippen molar-refractivity contribution in [1.29, 1.82) is 0 Å². The molecule has 4 heterocycles. The number of amidine groups is 1. The van der Waals surface area contributed by atoms with Gasteiger partial charge >= 0.3 is 0 Å². The number of aliphatic imine (C=N–C) groups is 4. The van der Waals surface area contributed by atoms with Crippen LogP contribution in [0.1, 0.15) is 62.0 Å². The molecule has 0 N–H and O–H groups in total. The van der Waals surface area contributed by atoms with E-state index in [1.807, 2.05) is 43.4 Å². The first-order valence-corrected chi connectivity index (χ1v) is 25.7. The summed E-state index contributed by atoms with van der Waals surface area (Å²) in [6.07, 6.45) is 54.1. The van der Waals surface area contributed by atoms with Crippen LogP contribution >= 0.6 is 0 Å². The Morgan fingerprint density at radius 2 is 1.59 bits per heavy atom. The minimum Gasteiger partial charge on any atom is -0.458 e. The standard InChI is InChI=1S/C68H60N6O/c1-6-25-63-51(8-3)42-43-54(41-40-48(4)75-63)58-34-19-22-39-65(71-58)73-59-35-20-17-32-56(59)66-61(73)37-24-38-62-67(66)57-33-18-21-36-60(57)74(62)68(70-47-49-26-23-31-55(46-49)53-29-15-11-12-16-30-53)72-64(69-5)45-44-50(7-2)52-27-13-9-10-14-28-52/h6-11,13-21,23-27,29-37,39-41,43-46H,3-5,12,22,28,38,42,47H2,1-2H3/b25-6-,41-40-,45-44+,50-7+,54-43+,63-51-,70-68?,72-64-. The average Bonchev–Trinajstić information content (AvgIpc) is 3.79. The van der Waals surface area contributed by atoms with Crippen molar-refractivity contribution in [3.05, 3.63) is 282 Å². The van der Waals surface area contributed by atoms with Crippen LogP contribution in [-0.2, 0) is 17.7 Å². The molecule has 0 amide bonds. The molecule has 0 radical (unpaired) electrons. The van der Waals surface area contributed by atoms with E-state index >= 15 is 0 Å². The molecule has 368 valence electrons. The lowest BCUT2D eigenvalue weighted by molar-refractivity contribution is 0.334. The van der Waals surface area contributed by atoms with Gasteiger partial charge in [0.15, 0.2) is 5.84 Å². The van der Waals surface area contributed by atoms with Gasteiger partial charge in [0, 0.05) is 34.0 Å². The van der Waals surface area contributed by atoms with Crippen molar-refractivity contribution in [3.8, 4) is 11.1 Å². The van der Waals surface area contributed by atoms with Crippen molar-refractivity contribution >= 4 is 63.5 Å². The van der Waals surface area contributed by atoms with E-state index in [0.717, 1.165) is 108 Å². The van der Waals surface area contributed by atoms with Crippen LogP contribution in [0.15, 0.2) is 279 Å². The summed E-state index contributed by atoms with van der Waals surface area (Å²) in [5.41, 5.74) is 14.9. The van der Waals surface area contributed by atoms with E-state index in [1.54, 1.807) is 0 Å². The first-order valence-electron chi connectivity index (χ1n) is 25.7. The van der Waals surface area contributed by atoms with Gasteiger partial charge in [-0.3, -0.25) is 9.13 Å². The molecule has 10 rings (SSSR count). The maximum atomic E-state index is 6.17. The van der Waals surface area contributed by atoms with Crippen LogP contribution in [-0.4, -0.2) is 33.4 Å². The quantitative estimate of drug-likeness (QED) is 0.0781. The Morgan fingerprint density at radius 1 is 0.747 bits per heavy atom. The first kappa shape index (κ1) is 49.4. The van der Waals surface area contributed by atoms with Gasteiger partial charge in [-0.15, -0.1) is 0 Å². The predicted octanol–water partition coefficient (Wildman–Crippen LogP) is 16.8. The van der Waals surface area contributed by atoms with E-state index in [9.17, 15) is 0 Å². The fraction of sp³-hybridized carbons (Fsp3) is 0.118. The van der Waals surface area contributed by atoms with Gasteiger partial charge in [-0.25, -0.2) is 15.0 Å². The zero-order valence-electron chi connectivity index (χ0n) is 42.7. The Balaban J connectivity index is 1.13. The van der Waals surface area contributed by atoms with Crippen molar-refractivity contribution in [2.75, 3.05) is 0 Å². The largest absolute Gasteiger partial charge is 0.458 e. The molecular weight excluding hydrogens is 917 g/mol. The lowest BCUT2D eigenvalue weighted by atomic mass is 9.99. The summed E-state index contributed by atoms with van der Waals surface area (Å²) in [5, 5.41) is 2.22. The van der Waals surface area contributed by atoms with E-state index in [-0.39, 0.29) is 0 Å². The fourth-order valence-electron chi connectivity index (χ4n) is 10.1. The van der Waals surface area contributed by atoms with Crippen molar-refractivity contribution in [1.82, 2.24) is 9.13 Å². The van der Waals surface area contributed by atoms with Gasteiger partial charge in [0.05, 0.1) is 29.0 Å². The molecule has 2 aliphatic heterocycles. The fourth-order valence-corrected chi connectivity index (χ4v) is 10.1. The summed E-state index contributed by atoms with van der Waals surface area (Å²) in [5.74, 6) is 3.08. The van der Waals surface area contributed by atoms with Gasteiger partial charge in [0.2, 0.25) is 5.96 Å². The Kier molecular flexibility index (Phi) is 15.2. The van der Waals surface area contributed by atoms with Crippen LogP contribution in [0.3, 0.4) is 0 Å². The SMILES string of the molecule is C=C/C1=C(\C=C/C)OC(=C)/C=C\C(C2=NC(n3c4c(c5ccccc53)-c3c(n(C(=NCc5cccc(C6=CC=CCC=C6)c5)/N=C(/C=C/C(=C\C)C5=CC=CC=CC5)N=C)c5ccccc35)CC=C4)=CCC=C2)=C/C1. The summed E-state index contributed by atoms with van der Waals surface area (Å²) in [6.45, 7) is 16.8. The highest BCUT2D eigenvalue weighted by Gasteiger charge is 2.29. The van der Waals surface area contributed by atoms with Gasteiger partial charge in [-0.1, -0.05) is 171 Å². The topological polar surface area (TPSA) is 68.5 Å². The Labute approximate surface area is 440 Å². The predicted molar refractivity (Wildman–Crippen MR) is 320 cm³/mol. The molecule has 0 fully saturated rings. The molecule has 75 heavy (non-hydrogen) atoms. The van der Waals surface area contributed by atoms with Crippen molar-refractivity contribution in [2.24, 2.45) is 20.0 Å². The maximum Gasteiger partial charge on any atom is 0.232 e. The van der Waals surface area contributed by atoms with E-state index in [1.165, 1.54) is 5.57 Å². The Hall–Kier alpha value is -9.20. The zero-order valence-corrected chi connectivity index (χ0v) is 42.7. The Bertz CT molecular complexity index is 3740. The number of hydrogen-bond donors (Lipinski definition) is 0. The van der Waals surface area contributed by atoms with Crippen LogP contribution in [0, 0.1) is 0 Å². The van der Waals surface area contributed by atoms with E-state index in [0.29, 0.717) is 43.4 Å². The minimum absolute atomic E-state index is 0.387. The van der Waals surface area contributed by atoms with Crippen LogP contribution in [0.25, 0.3) is 50.4 Å². The molecule has 7 heteroatoms. The Morgan fingerprint density at radius 3 is 2.43 bits per heavy atom. The van der Waals surface area contributed by atoms with E-state index < -0.39 is 0 Å². The highest BCUT2D eigenvalue weighted by Crippen LogP contribution is 2.46. The second kappa shape index (κ2) is 23.1. The molecule has 0 bridgehead atoms. The molecule has 3 aliphatic carbocycles. The first-order chi connectivity index (χ1) is 37.0. The normalized spacial score (nSPS) is 19.4. The highest BCUT2D eigenvalue weighted by atomic mass is 16.5. The third kappa shape index (κ3) is 10.7. The van der Waals surface area contributed by atoms with Gasteiger partial charge in [0.25, 0.3) is 0 Å². The summed E-state index contributed by atoms with van der Waals surface area (Å²) < 4.78 is 10.7. The number of aromatic nitrogens is 2. The smallest absolute Gasteiger partial charge is 0.232 e. The summed E-state index contributed by atoms with van der Waals surface area (Å²) in [6, 6.07) is 25.9. The molecule has 5 aromatic rings. The molecule has 0 unspecified atom stereocenters. The average molecular weight is 977 g/mol. The van der Waals surface area contributed by atoms with E-state index in [4.69, 9.17) is 19.7 Å². The summed E-state index contributed by atoms with van der Waals surface area (Å²) >= 11 is 0. The number of benzene rings is 3. The maximum absolute atomic E-state index is 6.17. The molecule has 0 spiro atoms. The summed E-state index contributed by atoms with van der Waals surface area (Å²) in [4.78, 5) is 20.8. The number of fused-ring (bicyclic) bond motifs is 7. The number of ether oxygens (including phenoxy) is 1. The number of allylic oxidation sites excluding steroid dienone is 27. The molecule has 0 saturated heterocycles. The van der Waals surface area contributed by atoms with Crippen LogP contribution < -0.4 is 0 Å². The van der Waals surface area contributed by atoms with Crippen molar-refractivity contribution in [2.45, 2.75) is 52.5 Å². The number of nitrogens with zero attached hydrogens (tertiary/aromatic N) is 6. The van der Waals surface area contributed by atoms with Crippen LogP contribution in [0.2, 0.25) is 0 Å². The van der Waals surface area contributed by atoms with Crippen molar-refractivity contribution in [3.63, 3.8) is 0 Å². The monoisotopic (exact) mass is 976 g/mol. The molecule has 2 aromatic heterocycles. The zero-order chi connectivity index (χ0) is 51.5. The van der Waals surface area contributed by atoms with Crippen molar-refractivity contribution < 1.29 is 4.74 Å². The third-order valence-corrected chi connectivity index (χ3v) is 13.6. The summed E-state index contributed by atoms with van der Waals surface area (Å²) in [7, 11) is 0. The lowest BCUT2D eigenvalue weighted by Gasteiger charge is -2.12. The molecule has 3 aromatic carbocycles. The van der Waals surface area contributed by atoms with Gasteiger partial charge in [0.1, 0.15) is 17.3 Å². The lowest BCUT2D eigenvalue weighted by Crippen LogP contribution is -2.15. The molecule has 5 aliphatic rings. The second-order valence-corrected chi connectivity index (χ2v) is 18.4. The van der Waals surface area contributed by atoms with E-state index in [2.05, 4.69) is 223 Å². The number of rotatable bonds is 10. The molecule has 7 nitrogen and oxygen atoms in total. The highest BCUT2D eigenvalue weighted by molar-refractivity contribution is 6.16. The molecular formula is C68H60N6O. The minimum atomic E-state index is 0.387.